The number of nitrogens with one attached hydrogen (secondary N) is 1. The molecule has 15 heavy (non-hydrogen) atoms. The summed E-state index contributed by atoms with van der Waals surface area (Å²) in [5, 5.41) is 2.89. The number of carbonyl (C=O) groups excluding carboxylic acids is 1. The average Bonchev–Trinajstić information content (AvgIpc) is 2.20. The van der Waals surface area contributed by atoms with Crippen LogP contribution in [0, 0.1) is 0 Å². The first kappa shape index (κ1) is 12.5. The number of hydrogen-bond acceptors (Lipinski definition) is 3. The Morgan fingerprint density at radius 3 is 2.73 bits per heavy atom. The third-order valence-electron chi connectivity index (χ3n) is 3.17. The predicted molar refractivity (Wildman–Crippen MR) is 59.5 cm³/mol. The summed E-state index contributed by atoms with van der Waals surface area (Å²) in [7, 11) is 1.66. The Labute approximate surface area is 91.5 Å². The van der Waals surface area contributed by atoms with Crippen molar-refractivity contribution in [1.82, 2.24) is 5.32 Å². The maximum Gasteiger partial charge on any atom is 0.220 e. The van der Waals surface area contributed by atoms with Crippen molar-refractivity contribution in [2.45, 2.75) is 50.7 Å². The molecular weight excluding hydrogens is 192 g/mol. The molecule has 0 aliphatic heterocycles. The molecule has 0 saturated heterocycles. The lowest BCUT2D eigenvalue weighted by Crippen LogP contribution is -2.54. The SMILES string of the molecule is COC(C)CCC(=O)NCC1(N)CCC1. The van der Waals surface area contributed by atoms with E-state index in [-0.39, 0.29) is 17.6 Å². The van der Waals surface area contributed by atoms with Gasteiger partial charge in [-0.15, -0.1) is 0 Å². The fourth-order valence-corrected chi connectivity index (χ4v) is 1.62. The van der Waals surface area contributed by atoms with E-state index < -0.39 is 0 Å². The first-order chi connectivity index (χ1) is 7.06. The van der Waals surface area contributed by atoms with Crippen LogP contribution in [0.2, 0.25) is 0 Å². The lowest BCUT2D eigenvalue weighted by Gasteiger charge is -2.38. The highest BCUT2D eigenvalue weighted by Gasteiger charge is 2.32. The quantitative estimate of drug-likeness (QED) is 0.687. The van der Waals surface area contributed by atoms with E-state index in [2.05, 4.69) is 5.32 Å². The van der Waals surface area contributed by atoms with Gasteiger partial charge in [0.15, 0.2) is 0 Å². The molecule has 88 valence electrons. The molecule has 0 aromatic rings. The summed E-state index contributed by atoms with van der Waals surface area (Å²) in [5.74, 6) is 0.0793. The van der Waals surface area contributed by atoms with Crippen molar-refractivity contribution in [3.8, 4) is 0 Å². The Balaban J connectivity index is 2.08. The van der Waals surface area contributed by atoms with E-state index in [9.17, 15) is 4.79 Å². The van der Waals surface area contributed by atoms with E-state index in [1.54, 1.807) is 7.11 Å². The standard InChI is InChI=1S/C11H22N2O2/c1-9(15-2)4-5-10(14)13-8-11(12)6-3-7-11/h9H,3-8,12H2,1-2H3,(H,13,14). The second-order valence-electron chi connectivity index (χ2n) is 4.58. The Kier molecular flexibility index (Phi) is 4.54. The van der Waals surface area contributed by atoms with Crippen molar-refractivity contribution in [2.75, 3.05) is 13.7 Å². The van der Waals surface area contributed by atoms with Crippen molar-refractivity contribution in [1.29, 1.82) is 0 Å². The molecule has 3 N–H and O–H groups in total. The highest BCUT2D eigenvalue weighted by Crippen LogP contribution is 2.27. The van der Waals surface area contributed by atoms with Gasteiger partial charge < -0.3 is 15.8 Å². The van der Waals surface area contributed by atoms with Gasteiger partial charge in [-0.05, 0) is 32.6 Å². The second kappa shape index (κ2) is 5.47. The molecule has 0 spiro atoms. The van der Waals surface area contributed by atoms with Gasteiger partial charge in [-0.3, -0.25) is 4.79 Å². The van der Waals surface area contributed by atoms with Gasteiger partial charge in [0.05, 0.1) is 6.10 Å². The highest BCUT2D eigenvalue weighted by atomic mass is 16.5. The molecule has 1 aliphatic carbocycles. The maximum atomic E-state index is 11.4. The van der Waals surface area contributed by atoms with Crippen LogP contribution < -0.4 is 11.1 Å². The molecule has 1 atom stereocenters. The molecule has 1 rings (SSSR count). The van der Waals surface area contributed by atoms with Crippen LogP contribution in [-0.2, 0) is 9.53 Å². The molecule has 1 fully saturated rings. The van der Waals surface area contributed by atoms with Crippen molar-refractivity contribution < 1.29 is 9.53 Å². The van der Waals surface area contributed by atoms with Crippen LogP contribution in [-0.4, -0.2) is 31.2 Å². The van der Waals surface area contributed by atoms with E-state index >= 15 is 0 Å². The molecule has 1 saturated carbocycles. The number of nitrogens with two attached hydrogens (primary N) is 1. The summed E-state index contributed by atoms with van der Waals surface area (Å²) in [6, 6.07) is 0. The Morgan fingerprint density at radius 2 is 2.27 bits per heavy atom. The van der Waals surface area contributed by atoms with E-state index in [0.717, 1.165) is 19.3 Å². The van der Waals surface area contributed by atoms with Gasteiger partial charge in [0.25, 0.3) is 0 Å². The minimum atomic E-state index is -0.122. The van der Waals surface area contributed by atoms with Crippen molar-refractivity contribution in [2.24, 2.45) is 5.73 Å². The van der Waals surface area contributed by atoms with Gasteiger partial charge in [0, 0.05) is 25.6 Å². The van der Waals surface area contributed by atoms with Gasteiger partial charge in [-0.25, -0.2) is 0 Å². The molecule has 0 heterocycles. The van der Waals surface area contributed by atoms with E-state index in [1.807, 2.05) is 6.92 Å². The first-order valence-corrected chi connectivity index (χ1v) is 5.64. The summed E-state index contributed by atoms with van der Waals surface area (Å²) in [6.07, 6.45) is 4.67. The maximum absolute atomic E-state index is 11.4. The van der Waals surface area contributed by atoms with Crippen LogP contribution >= 0.6 is 0 Å². The molecule has 0 radical (unpaired) electrons. The zero-order valence-electron chi connectivity index (χ0n) is 9.71. The molecule has 1 amide bonds. The topological polar surface area (TPSA) is 64.3 Å². The summed E-state index contributed by atoms with van der Waals surface area (Å²) in [4.78, 5) is 11.4. The zero-order valence-corrected chi connectivity index (χ0v) is 9.71. The van der Waals surface area contributed by atoms with Crippen molar-refractivity contribution in [3.63, 3.8) is 0 Å². The van der Waals surface area contributed by atoms with Gasteiger partial charge in [-0.2, -0.15) is 0 Å². The minimum Gasteiger partial charge on any atom is -0.382 e. The van der Waals surface area contributed by atoms with Crippen LogP contribution in [0.3, 0.4) is 0 Å². The molecule has 0 aromatic carbocycles. The molecule has 0 aromatic heterocycles. The number of rotatable bonds is 6. The van der Waals surface area contributed by atoms with Crippen LogP contribution in [0.15, 0.2) is 0 Å². The summed E-state index contributed by atoms with van der Waals surface area (Å²) in [6.45, 7) is 2.58. The highest BCUT2D eigenvalue weighted by molar-refractivity contribution is 5.75. The third-order valence-corrected chi connectivity index (χ3v) is 3.17. The van der Waals surface area contributed by atoms with Crippen molar-refractivity contribution >= 4 is 5.91 Å². The summed E-state index contributed by atoms with van der Waals surface area (Å²) >= 11 is 0. The molecule has 1 aliphatic rings. The first-order valence-electron chi connectivity index (χ1n) is 5.64. The van der Waals surface area contributed by atoms with Crippen molar-refractivity contribution in [3.05, 3.63) is 0 Å². The summed E-state index contributed by atoms with van der Waals surface area (Å²) < 4.78 is 5.07. The number of carbonyl (C=O) groups is 1. The third kappa shape index (κ3) is 4.18. The smallest absolute Gasteiger partial charge is 0.220 e. The molecule has 4 heteroatoms. The lowest BCUT2D eigenvalue weighted by molar-refractivity contribution is -0.122. The summed E-state index contributed by atoms with van der Waals surface area (Å²) in [5.41, 5.74) is 5.87. The lowest BCUT2D eigenvalue weighted by atomic mass is 9.78. The Hall–Kier alpha value is -0.610. The number of ether oxygens (including phenoxy) is 1. The van der Waals surface area contributed by atoms with Gasteiger partial charge in [0.2, 0.25) is 5.91 Å². The van der Waals surface area contributed by atoms with Crippen LogP contribution in [0.5, 0.6) is 0 Å². The molecule has 1 unspecified atom stereocenters. The number of hydrogen-bond donors (Lipinski definition) is 2. The largest absolute Gasteiger partial charge is 0.382 e. The van der Waals surface area contributed by atoms with E-state index in [0.29, 0.717) is 13.0 Å². The van der Waals surface area contributed by atoms with Crippen LogP contribution in [0.4, 0.5) is 0 Å². The predicted octanol–water partition coefficient (Wildman–Crippen LogP) is 0.799. The Morgan fingerprint density at radius 1 is 1.60 bits per heavy atom. The zero-order chi connectivity index (χ0) is 11.3. The second-order valence-corrected chi connectivity index (χ2v) is 4.58. The minimum absolute atomic E-state index is 0.0793. The van der Waals surface area contributed by atoms with E-state index in [4.69, 9.17) is 10.5 Å². The molecule has 0 bridgehead atoms. The van der Waals surface area contributed by atoms with Gasteiger partial charge in [0.1, 0.15) is 0 Å². The Bertz CT molecular complexity index is 215. The van der Waals surface area contributed by atoms with Gasteiger partial charge >= 0.3 is 0 Å². The van der Waals surface area contributed by atoms with E-state index in [1.165, 1.54) is 6.42 Å². The fourth-order valence-electron chi connectivity index (χ4n) is 1.62. The monoisotopic (exact) mass is 214 g/mol. The molecular formula is C11H22N2O2. The van der Waals surface area contributed by atoms with Crippen LogP contribution in [0.25, 0.3) is 0 Å². The average molecular weight is 214 g/mol. The fraction of sp³-hybridized carbons (Fsp3) is 0.909. The molecule has 4 nitrogen and oxygen atoms in total. The van der Waals surface area contributed by atoms with Crippen LogP contribution in [0.1, 0.15) is 39.0 Å². The normalized spacial score (nSPS) is 20.5. The number of methoxy groups -OCH3 is 1. The number of amides is 1. The van der Waals surface area contributed by atoms with Gasteiger partial charge in [-0.1, -0.05) is 0 Å².